The number of aromatic nitrogens is 2. The molecule has 2 amide bonds. The fraction of sp³-hybridized carbons (Fsp3) is 0.613. The maximum absolute atomic E-state index is 13.4. The molecule has 8 heteroatoms. The highest BCUT2D eigenvalue weighted by molar-refractivity contribution is 5.83. The number of carbonyl (C=O) groups is 2. The van der Waals surface area contributed by atoms with E-state index in [-0.39, 0.29) is 22.6 Å². The van der Waals surface area contributed by atoms with Gasteiger partial charge in [-0.05, 0) is 82.7 Å². The van der Waals surface area contributed by atoms with Crippen LogP contribution in [0.1, 0.15) is 69.0 Å². The predicted octanol–water partition coefficient (Wildman–Crippen LogP) is 3.67. The highest BCUT2D eigenvalue weighted by atomic mass is 16.5. The first-order valence-electron chi connectivity index (χ1n) is 14.7. The lowest BCUT2D eigenvalue weighted by atomic mass is 9.73. The zero-order chi connectivity index (χ0) is 27.3. The standard InChI is InChI=1S/C31H43N5O3/c1-24-32-16-11-27(34-24)30(2)12-7-18-36(23-30)28(37)22-35-19-14-31(15-20-35)13-6-5-9-25-8-3-4-10-26(25)39-21-17-33-29(31)38/h3-4,8,10-11,16H,5-7,9,12-15,17-23H2,1-2H3,(H,33,38). The Balaban J connectivity index is 1.17. The summed E-state index contributed by atoms with van der Waals surface area (Å²) in [4.78, 5) is 40.0. The maximum atomic E-state index is 13.4. The second-order valence-corrected chi connectivity index (χ2v) is 11.9. The zero-order valence-electron chi connectivity index (χ0n) is 23.6. The topological polar surface area (TPSA) is 87.7 Å². The van der Waals surface area contributed by atoms with Crippen molar-refractivity contribution in [3.8, 4) is 5.75 Å². The molecule has 1 unspecified atom stereocenters. The van der Waals surface area contributed by atoms with Crippen LogP contribution >= 0.6 is 0 Å². The summed E-state index contributed by atoms with van der Waals surface area (Å²) in [5.74, 6) is 2.04. The number of benzene rings is 1. The fourth-order valence-electron chi connectivity index (χ4n) is 6.62. The Morgan fingerprint density at radius 3 is 2.69 bits per heavy atom. The molecule has 1 aromatic carbocycles. The molecule has 0 bridgehead atoms. The van der Waals surface area contributed by atoms with E-state index in [1.165, 1.54) is 5.56 Å². The minimum absolute atomic E-state index is 0.149. The monoisotopic (exact) mass is 533 g/mol. The first-order chi connectivity index (χ1) is 18.9. The van der Waals surface area contributed by atoms with Crippen molar-refractivity contribution >= 4 is 11.8 Å². The van der Waals surface area contributed by atoms with Gasteiger partial charge in [0.05, 0.1) is 24.2 Å². The van der Waals surface area contributed by atoms with Gasteiger partial charge >= 0.3 is 0 Å². The number of fused-ring (bicyclic) bond motifs is 1. The van der Waals surface area contributed by atoms with Gasteiger partial charge < -0.3 is 15.0 Å². The van der Waals surface area contributed by atoms with E-state index >= 15 is 0 Å². The van der Waals surface area contributed by atoms with E-state index in [1.807, 2.05) is 36.2 Å². The van der Waals surface area contributed by atoms with Gasteiger partial charge in [0, 0.05) is 24.7 Å². The Morgan fingerprint density at radius 1 is 1.05 bits per heavy atom. The maximum Gasteiger partial charge on any atom is 0.236 e. The number of nitrogens with zero attached hydrogens (tertiary/aromatic N) is 4. The third-order valence-corrected chi connectivity index (χ3v) is 9.07. The average Bonchev–Trinajstić information content (AvgIpc) is 2.94. The highest BCUT2D eigenvalue weighted by Gasteiger charge is 2.42. The highest BCUT2D eigenvalue weighted by Crippen LogP contribution is 2.38. The summed E-state index contributed by atoms with van der Waals surface area (Å²) in [5.41, 5.74) is 1.77. The lowest BCUT2D eigenvalue weighted by molar-refractivity contribution is -0.137. The van der Waals surface area contributed by atoms with E-state index in [0.29, 0.717) is 26.2 Å². The van der Waals surface area contributed by atoms with Crippen molar-refractivity contribution in [2.45, 2.75) is 70.6 Å². The zero-order valence-corrected chi connectivity index (χ0v) is 23.6. The quantitative estimate of drug-likeness (QED) is 0.648. The molecule has 210 valence electrons. The van der Waals surface area contributed by atoms with E-state index in [1.54, 1.807) is 0 Å². The average molecular weight is 534 g/mol. The molecule has 2 saturated heterocycles. The van der Waals surface area contributed by atoms with Crippen LogP contribution in [0.15, 0.2) is 36.5 Å². The SMILES string of the molecule is Cc1nccc(C2(C)CCCN(C(=O)CN3CCC4(CCCCc5ccccc5OCCNC4=O)CC3)C2)n1. The molecule has 1 spiro atoms. The van der Waals surface area contributed by atoms with Crippen LogP contribution in [0.3, 0.4) is 0 Å². The summed E-state index contributed by atoms with van der Waals surface area (Å²) in [6.07, 6.45) is 9.31. The van der Waals surface area contributed by atoms with Gasteiger partial charge in [-0.1, -0.05) is 31.5 Å². The van der Waals surface area contributed by atoms with Gasteiger partial charge in [0.2, 0.25) is 11.8 Å². The van der Waals surface area contributed by atoms with Crippen molar-refractivity contribution in [3.63, 3.8) is 0 Å². The minimum atomic E-state index is -0.354. The van der Waals surface area contributed by atoms with Crippen molar-refractivity contribution in [2.75, 3.05) is 45.9 Å². The normalized spacial score (nSPS) is 24.6. The Morgan fingerprint density at radius 2 is 1.87 bits per heavy atom. The molecule has 2 fully saturated rings. The largest absolute Gasteiger partial charge is 0.491 e. The van der Waals surface area contributed by atoms with Crippen LogP contribution in [0.2, 0.25) is 0 Å². The number of likely N-dealkylation sites (tertiary alicyclic amines) is 2. The Bertz CT molecular complexity index is 1160. The summed E-state index contributed by atoms with van der Waals surface area (Å²) in [5, 5.41) is 3.16. The molecule has 5 rings (SSSR count). The van der Waals surface area contributed by atoms with Crippen LogP contribution in [0.4, 0.5) is 0 Å². The molecular formula is C31H43N5O3. The molecule has 3 aliphatic rings. The van der Waals surface area contributed by atoms with Crippen LogP contribution in [0.25, 0.3) is 0 Å². The molecule has 0 saturated carbocycles. The van der Waals surface area contributed by atoms with Crippen LogP contribution in [0, 0.1) is 12.3 Å². The molecule has 0 aliphatic carbocycles. The molecule has 0 radical (unpaired) electrons. The first kappa shape index (κ1) is 27.6. The lowest BCUT2D eigenvalue weighted by Crippen LogP contribution is -2.53. The fourth-order valence-corrected chi connectivity index (χ4v) is 6.62. The molecule has 1 aromatic heterocycles. The molecule has 39 heavy (non-hydrogen) atoms. The Kier molecular flexibility index (Phi) is 8.50. The Labute approximate surface area is 232 Å². The first-order valence-corrected chi connectivity index (χ1v) is 14.7. The number of rotatable bonds is 3. The smallest absolute Gasteiger partial charge is 0.236 e. The summed E-state index contributed by atoms with van der Waals surface area (Å²) >= 11 is 0. The molecule has 1 N–H and O–H groups in total. The number of ether oxygens (including phenoxy) is 1. The summed E-state index contributed by atoms with van der Waals surface area (Å²) in [6, 6.07) is 10.2. The molecule has 2 aromatic rings. The van der Waals surface area contributed by atoms with Crippen molar-refractivity contribution in [3.05, 3.63) is 53.6 Å². The van der Waals surface area contributed by atoms with E-state index in [9.17, 15) is 9.59 Å². The summed E-state index contributed by atoms with van der Waals surface area (Å²) < 4.78 is 5.98. The van der Waals surface area contributed by atoms with E-state index in [0.717, 1.165) is 88.3 Å². The number of nitrogens with one attached hydrogen (secondary N) is 1. The number of hydrogen-bond donors (Lipinski definition) is 1. The van der Waals surface area contributed by atoms with Crippen molar-refractivity contribution in [1.29, 1.82) is 0 Å². The molecular weight excluding hydrogens is 490 g/mol. The second kappa shape index (κ2) is 12.0. The summed E-state index contributed by atoms with van der Waals surface area (Å²) in [6.45, 7) is 8.56. The number of amides is 2. The lowest BCUT2D eigenvalue weighted by Gasteiger charge is -2.43. The number of aryl methyl sites for hydroxylation is 2. The second-order valence-electron chi connectivity index (χ2n) is 11.9. The third-order valence-electron chi connectivity index (χ3n) is 9.07. The molecule has 4 heterocycles. The number of hydrogen-bond acceptors (Lipinski definition) is 6. The molecule has 3 aliphatic heterocycles. The molecule has 8 nitrogen and oxygen atoms in total. The number of para-hydroxylation sites is 1. The van der Waals surface area contributed by atoms with Gasteiger partial charge in [-0.3, -0.25) is 14.5 Å². The number of carbonyl (C=O) groups excluding carboxylic acids is 2. The Hall–Kier alpha value is -3.00. The van der Waals surface area contributed by atoms with Gasteiger partial charge in [0.25, 0.3) is 0 Å². The van der Waals surface area contributed by atoms with Gasteiger partial charge in [-0.25, -0.2) is 9.97 Å². The van der Waals surface area contributed by atoms with Gasteiger partial charge in [-0.15, -0.1) is 0 Å². The van der Waals surface area contributed by atoms with Gasteiger partial charge in [-0.2, -0.15) is 0 Å². The van der Waals surface area contributed by atoms with Crippen molar-refractivity contribution in [1.82, 2.24) is 25.1 Å². The van der Waals surface area contributed by atoms with Gasteiger partial charge in [0.15, 0.2) is 0 Å². The van der Waals surface area contributed by atoms with Gasteiger partial charge in [0.1, 0.15) is 18.2 Å². The summed E-state index contributed by atoms with van der Waals surface area (Å²) in [7, 11) is 0. The van der Waals surface area contributed by atoms with E-state index in [4.69, 9.17) is 4.74 Å². The van der Waals surface area contributed by atoms with Crippen LogP contribution in [-0.4, -0.2) is 77.5 Å². The minimum Gasteiger partial charge on any atom is -0.491 e. The van der Waals surface area contributed by atoms with E-state index < -0.39 is 0 Å². The number of piperidine rings is 2. The van der Waals surface area contributed by atoms with Crippen LogP contribution in [0.5, 0.6) is 5.75 Å². The molecule has 1 atom stereocenters. The van der Waals surface area contributed by atoms with Crippen molar-refractivity contribution in [2.24, 2.45) is 5.41 Å². The third kappa shape index (κ3) is 6.43. The van der Waals surface area contributed by atoms with Crippen LogP contribution in [-0.2, 0) is 21.4 Å². The van der Waals surface area contributed by atoms with Crippen molar-refractivity contribution < 1.29 is 14.3 Å². The predicted molar refractivity (Wildman–Crippen MR) is 151 cm³/mol. The van der Waals surface area contributed by atoms with Crippen LogP contribution < -0.4 is 10.1 Å². The van der Waals surface area contributed by atoms with E-state index in [2.05, 4.69) is 39.2 Å².